The first-order valence-corrected chi connectivity index (χ1v) is 31.2. The van der Waals surface area contributed by atoms with Gasteiger partial charge in [0, 0.05) is 44.4 Å². The van der Waals surface area contributed by atoms with Crippen molar-refractivity contribution >= 4 is 131 Å². The Morgan fingerprint density at radius 3 is 0.841 bits per heavy atom. The normalized spacial score (nSPS) is 13.8. The highest BCUT2D eigenvalue weighted by atomic mass is 15.2. The van der Waals surface area contributed by atoms with Gasteiger partial charge in [0.2, 0.25) is 0 Å². The van der Waals surface area contributed by atoms with Crippen LogP contribution < -0.4 is 9.80 Å². The van der Waals surface area contributed by atoms with Crippen molar-refractivity contribution in [3.8, 4) is 22.3 Å². The van der Waals surface area contributed by atoms with Crippen molar-refractivity contribution in [1.29, 1.82) is 0 Å². The molecule has 2 aliphatic rings. The molecule has 0 atom stereocenters. The molecule has 0 fully saturated rings. The molecule has 2 heteroatoms. The van der Waals surface area contributed by atoms with Crippen LogP contribution in [0.1, 0.15) is 61.1 Å². The molecule has 18 rings (SSSR count). The van der Waals surface area contributed by atoms with Gasteiger partial charge in [-0.25, -0.2) is 0 Å². The molecule has 0 N–H and O–H groups in total. The molecule has 16 aromatic rings. The second-order valence-corrected chi connectivity index (χ2v) is 26.0. The smallest absolute Gasteiger partial charge is 0.0546 e. The maximum absolute atomic E-state index is 2.52. The minimum atomic E-state index is -0.248. The van der Waals surface area contributed by atoms with Crippen LogP contribution in [-0.4, -0.2) is 0 Å². The van der Waals surface area contributed by atoms with Crippen LogP contribution in [-0.2, 0) is 10.8 Å². The lowest BCUT2D eigenvalue weighted by Gasteiger charge is -2.31. The van der Waals surface area contributed by atoms with E-state index in [-0.39, 0.29) is 10.8 Å². The van der Waals surface area contributed by atoms with Crippen molar-refractivity contribution in [3.63, 3.8) is 0 Å². The van der Waals surface area contributed by atoms with Crippen molar-refractivity contribution in [2.75, 3.05) is 9.80 Å². The lowest BCUT2D eigenvalue weighted by molar-refractivity contribution is 0.666. The van der Waals surface area contributed by atoms with Gasteiger partial charge in [-0.2, -0.15) is 0 Å². The third kappa shape index (κ3) is 7.06. The van der Waals surface area contributed by atoms with Crippen LogP contribution in [0.5, 0.6) is 0 Å². The lowest BCUT2D eigenvalue weighted by Crippen LogP contribution is -2.16. The van der Waals surface area contributed by atoms with E-state index < -0.39 is 0 Å². The third-order valence-corrected chi connectivity index (χ3v) is 20.4. The van der Waals surface area contributed by atoms with Crippen molar-refractivity contribution in [2.24, 2.45) is 0 Å². The molecule has 0 saturated heterocycles. The fourth-order valence-electron chi connectivity index (χ4n) is 16.4. The van der Waals surface area contributed by atoms with E-state index in [0.717, 1.165) is 34.1 Å². The Morgan fingerprint density at radius 1 is 0.227 bits per heavy atom. The van der Waals surface area contributed by atoms with Crippen LogP contribution in [0.3, 0.4) is 0 Å². The molecule has 0 heterocycles. The molecular weight excluding hydrogens is 1060 g/mol. The van der Waals surface area contributed by atoms with E-state index >= 15 is 0 Å². The average Bonchev–Trinajstić information content (AvgIpc) is 1.47. The van der Waals surface area contributed by atoms with E-state index in [4.69, 9.17) is 0 Å². The Balaban J connectivity index is 0.846. The summed E-state index contributed by atoms with van der Waals surface area (Å²) in [6.45, 7) is 14.1. The van der Waals surface area contributed by atoms with Crippen LogP contribution in [0.4, 0.5) is 34.1 Å². The fourth-order valence-corrected chi connectivity index (χ4v) is 16.4. The van der Waals surface area contributed by atoms with Gasteiger partial charge in [-0.05, 0) is 205 Å². The van der Waals surface area contributed by atoms with Crippen LogP contribution in [0.15, 0.2) is 267 Å². The molecule has 16 aromatic carbocycles. The van der Waals surface area contributed by atoms with Gasteiger partial charge in [0.15, 0.2) is 0 Å². The molecule has 0 unspecified atom stereocenters. The third-order valence-electron chi connectivity index (χ3n) is 20.4. The number of hydrogen-bond donors (Lipinski definition) is 0. The predicted octanol–water partition coefficient (Wildman–Crippen LogP) is 24.2. The van der Waals surface area contributed by atoms with Crippen LogP contribution >= 0.6 is 0 Å². The largest absolute Gasteiger partial charge is 0.310 e. The number of anilines is 6. The molecule has 2 nitrogen and oxygen atoms in total. The topological polar surface area (TPSA) is 6.48 Å². The van der Waals surface area contributed by atoms with E-state index in [0.29, 0.717) is 0 Å². The predicted molar refractivity (Wildman–Crippen MR) is 378 cm³/mol. The number of hydrogen-bond acceptors (Lipinski definition) is 2. The average molecular weight is 1120 g/mol. The summed E-state index contributed by atoms with van der Waals surface area (Å²) in [6, 6.07) is 102. The summed E-state index contributed by atoms with van der Waals surface area (Å²) in [5.74, 6) is 0. The SMILES string of the molecule is Cc1ccc(N(c2ccc3c(c2)-c2ccc4c5ccccc5c5ccccc5c4c2C3(C)C)c2cc3c4ccccc4c(N(c4ccc(C)cc4)c4ccc5c(c4)-c4ccc6c7ccccc7c7ccccc7c6c4C5(C)C)cc3c3ccccc23)cc1. The molecule has 416 valence electrons. The minimum absolute atomic E-state index is 0.248. The summed E-state index contributed by atoms with van der Waals surface area (Å²) in [5, 5.41) is 23.0. The summed E-state index contributed by atoms with van der Waals surface area (Å²) in [7, 11) is 0. The van der Waals surface area contributed by atoms with E-state index in [2.05, 4.69) is 318 Å². The molecule has 0 aromatic heterocycles. The molecule has 0 radical (unpaired) electrons. The highest BCUT2D eigenvalue weighted by Gasteiger charge is 2.40. The maximum Gasteiger partial charge on any atom is 0.0546 e. The first kappa shape index (κ1) is 50.8. The van der Waals surface area contributed by atoms with E-state index in [1.165, 1.54) is 153 Å². The summed E-state index contributed by atoms with van der Waals surface area (Å²) in [5.41, 5.74) is 19.5. The maximum atomic E-state index is 2.52. The Morgan fingerprint density at radius 2 is 0.500 bits per heavy atom. The summed E-state index contributed by atoms with van der Waals surface area (Å²) >= 11 is 0. The standard InChI is InChI=1S/C86H62N2/c1-51-31-35-53(36-32-51)87(55-39-45-77-75(47-55)71-43-41-69-61-23-9-7-19-57(61)59-21-13-17-29-67(59)81(69)83(71)85(77,3)4)79-49-73-64-26-12-16-28-66(64)80(50-74(73)63-25-11-15-27-65(63)79)88(54-37-33-52(2)34-38-54)56-40-46-78-76(48-56)72-44-42-70-62-24-10-8-20-58(62)60-22-14-18-30-68(60)82(70)84(72)86(78,5)6/h7-50H,1-6H3. The molecule has 0 amide bonds. The molecule has 0 saturated carbocycles. The fraction of sp³-hybridized carbons (Fsp3) is 0.0930. The van der Waals surface area contributed by atoms with Crippen molar-refractivity contribution in [2.45, 2.75) is 52.4 Å². The van der Waals surface area contributed by atoms with Gasteiger partial charge in [-0.1, -0.05) is 245 Å². The Labute approximate surface area is 512 Å². The van der Waals surface area contributed by atoms with Gasteiger partial charge in [0.25, 0.3) is 0 Å². The highest BCUT2D eigenvalue weighted by molar-refractivity contribution is 6.30. The molecule has 88 heavy (non-hydrogen) atoms. The van der Waals surface area contributed by atoms with Crippen LogP contribution in [0.2, 0.25) is 0 Å². The zero-order chi connectivity index (χ0) is 58.9. The van der Waals surface area contributed by atoms with Gasteiger partial charge in [0.05, 0.1) is 11.4 Å². The summed E-state index contributed by atoms with van der Waals surface area (Å²) in [6.07, 6.45) is 0. The monoisotopic (exact) mass is 1120 g/mol. The van der Waals surface area contributed by atoms with Crippen molar-refractivity contribution in [3.05, 3.63) is 300 Å². The quantitative estimate of drug-likeness (QED) is 0.153. The van der Waals surface area contributed by atoms with Gasteiger partial charge in [0.1, 0.15) is 0 Å². The van der Waals surface area contributed by atoms with Gasteiger partial charge >= 0.3 is 0 Å². The number of fused-ring (bicyclic) bond motifs is 25. The van der Waals surface area contributed by atoms with Crippen molar-refractivity contribution in [1.82, 2.24) is 0 Å². The second kappa shape index (κ2) is 18.5. The highest BCUT2D eigenvalue weighted by Crippen LogP contribution is 2.58. The van der Waals surface area contributed by atoms with Gasteiger partial charge in [-0.15, -0.1) is 0 Å². The van der Waals surface area contributed by atoms with Gasteiger partial charge < -0.3 is 9.80 Å². The first-order valence-electron chi connectivity index (χ1n) is 31.2. The van der Waals surface area contributed by atoms with Crippen LogP contribution in [0.25, 0.3) is 119 Å². The Bertz CT molecular complexity index is 5280. The zero-order valence-corrected chi connectivity index (χ0v) is 50.3. The number of aryl methyl sites for hydroxylation is 2. The Kier molecular flexibility index (Phi) is 10.7. The van der Waals surface area contributed by atoms with Crippen LogP contribution in [0, 0.1) is 13.8 Å². The molecular formula is C86H62N2. The first-order chi connectivity index (χ1) is 43.0. The minimum Gasteiger partial charge on any atom is -0.310 e. The summed E-state index contributed by atoms with van der Waals surface area (Å²) < 4.78 is 0. The lowest BCUT2D eigenvalue weighted by atomic mass is 9.78. The summed E-state index contributed by atoms with van der Waals surface area (Å²) in [4.78, 5) is 5.05. The van der Waals surface area contributed by atoms with E-state index in [1.807, 2.05) is 0 Å². The van der Waals surface area contributed by atoms with E-state index in [1.54, 1.807) is 0 Å². The molecule has 0 aliphatic heterocycles. The molecule has 2 aliphatic carbocycles. The number of benzene rings is 16. The zero-order valence-electron chi connectivity index (χ0n) is 50.3. The molecule has 0 bridgehead atoms. The molecule has 0 spiro atoms. The Hall–Kier alpha value is -10.5. The van der Waals surface area contributed by atoms with Gasteiger partial charge in [-0.3, -0.25) is 0 Å². The van der Waals surface area contributed by atoms with E-state index in [9.17, 15) is 0 Å². The second-order valence-electron chi connectivity index (χ2n) is 26.0. The van der Waals surface area contributed by atoms with Crippen molar-refractivity contribution < 1.29 is 0 Å². The number of nitrogens with zero attached hydrogens (tertiary/aromatic N) is 2. The number of rotatable bonds is 6.